The van der Waals surface area contributed by atoms with E-state index in [2.05, 4.69) is 10.0 Å². The van der Waals surface area contributed by atoms with Crippen LogP contribution in [-0.2, 0) is 37.8 Å². The van der Waals surface area contributed by atoms with Crippen molar-refractivity contribution in [2.75, 3.05) is 13.2 Å². The molecule has 0 fully saturated rings. The molecule has 0 bridgehead atoms. The molecule has 0 radical (unpaired) electrons. The lowest BCUT2D eigenvalue weighted by Gasteiger charge is -2.10. The molecule has 34 heavy (non-hydrogen) atoms. The molecule has 0 unspecified atom stereocenters. The summed E-state index contributed by atoms with van der Waals surface area (Å²) < 4.78 is 55.4. The van der Waals surface area contributed by atoms with Gasteiger partial charge in [0.25, 0.3) is 5.91 Å². The number of ether oxygens (including phenoxy) is 1. The first-order valence-corrected chi connectivity index (χ1v) is 13.3. The first kappa shape index (κ1) is 25.4. The predicted molar refractivity (Wildman–Crippen MR) is 127 cm³/mol. The standard InChI is InChI=1S/C23H25N3O6S2/c24-33(28,29)21-10-6-19(7-11-21)16-25-23(27)17-32-20-8-12-22(13-9-20)34(30,31)26-15-14-18-4-2-1-3-5-18/h1-13,26H,14-17H2,(H,25,27)(H2,24,28,29). The smallest absolute Gasteiger partial charge is 0.258 e. The summed E-state index contributed by atoms with van der Waals surface area (Å²) in [6.07, 6.45) is 0.576. The summed E-state index contributed by atoms with van der Waals surface area (Å²) in [5.74, 6) is -0.0503. The zero-order valence-corrected chi connectivity index (χ0v) is 19.8. The first-order valence-electron chi connectivity index (χ1n) is 10.3. The summed E-state index contributed by atoms with van der Waals surface area (Å²) in [5, 5.41) is 7.70. The van der Waals surface area contributed by atoms with Gasteiger partial charge in [-0.05, 0) is 53.9 Å². The van der Waals surface area contributed by atoms with E-state index in [4.69, 9.17) is 9.88 Å². The van der Waals surface area contributed by atoms with Crippen molar-refractivity contribution >= 4 is 26.0 Å². The Kier molecular flexibility index (Phi) is 8.40. The molecule has 9 nitrogen and oxygen atoms in total. The van der Waals surface area contributed by atoms with E-state index < -0.39 is 26.0 Å². The van der Waals surface area contributed by atoms with Gasteiger partial charge in [-0.25, -0.2) is 26.7 Å². The molecule has 0 aliphatic carbocycles. The van der Waals surface area contributed by atoms with Crippen LogP contribution in [0.2, 0.25) is 0 Å². The van der Waals surface area contributed by atoms with Gasteiger partial charge in [0.1, 0.15) is 5.75 Å². The Morgan fingerprint density at radius 1 is 0.794 bits per heavy atom. The van der Waals surface area contributed by atoms with Gasteiger partial charge >= 0.3 is 0 Å². The number of nitrogens with one attached hydrogen (secondary N) is 2. The maximum Gasteiger partial charge on any atom is 0.258 e. The van der Waals surface area contributed by atoms with E-state index in [0.717, 1.165) is 5.56 Å². The van der Waals surface area contributed by atoms with Crippen molar-refractivity contribution < 1.29 is 26.4 Å². The second kappa shape index (κ2) is 11.3. The van der Waals surface area contributed by atoms with Crippen molar-refractivity contribution in [3.8, 4) is 5.75 Å². The molecule has 11 heteroatoms. The third-order valence-electron chi connectivity index (χ3n) is 4.79. The van der Waals surface area contributed by atoms with Crippen LogP contribution in [0.15, 0.2) is 88.7 Å². The Morgan fingerprint density at radius 3 is 2.03 bits per heavy atom. The molecule has 3 aromatic carbocycles. The summed E-state index contributed by atoms with van der Waals surface area (Å²) in [5.41, 5.74) is 1.72. The zero-order chi connectivity index (χ0) is 24.6. The molecular weight excluding hydrogens is 478 g/mol. The first-order chi connectivity index (χ1) is 16.1. The van der Waals surface area contributed by atoms with Crippen molar-refractivity contribution in [2.24, 2.45) is 5.14 Å². The quantitative estimate of drug-likeness (QED) is 0.362. The maximum atomic E-state index is 12.4. The number of carbonyl (C=O) groups is 1. The van der Waals surface area contributed by atoms with Gasteiger partial charge in [0.15, 0.2) is 6.61 Å². The van der Waals surface area contributed by atoms with Gasteiger partial charge in [-0.1, -0.05) is 42.5 Å². The Labute approximate surface area is 199 Å². The number of sulfonamides is 2. The largest absolute Gasteiger partial charge is 0.484 e. The molecule has 0 heterocycles. The lowest BCUT2D eigenvalue weighted by atomic mass is 10.2. The van der Waals surface area contributed by atoms with E-state index in [1.54, 1.807) is 12.1 Å². The van der Waals surface area contributed by atoms with Gasteiger partial charge in [0.2, 0.25) is 20.0 Å². The molecule has 0 aromatic heterocycles. The number of benzene rings is 3. The van der Waals surface area contributed by atoms with E-state index >= 15 is 0 Å². The lowest BCUT2D eigenvalue weighted by Crippen LogP contribution is -2.28. The van der Waals surface area contributed by atoms with Gasteiger partial charge in [0, 0.05) is 13.1 Å². The molecular formula is C23H25N3O6S2. The van der Waals surface area contributed by atoms with Crippen LogP contribution in [0.1, 0.15) is 11.1 Å². The topological polar surface area (TPSA) is 145 Å². The predicted octanol–water partition coefficient (Wildman–Crippen LogP) is 1.55. The monoisotopic (exact) mass is 503 g/mol. The Balaban J connectivity index is 1.44. The third kappa shape index (κ3) is 7.66. The number of nitrogens with two attached hydrogens (primary N) is 1. The number of carbonyl (C=O) groups excluding carboxylic acids is 1. The molecule has 1 amide bonds. The lowest BCUT2D eigenvalue weighted by molar-refractivity contribution is -0.123. The summed E-state index contributed by atoms with van der Waals surface area (Å²) in [6.45, 7) is 0.186. The number of amides is 1. The summed E-state index contributed by atoms with van der Waals surface area (Å²) in [6, 6.07) is 21.2. The van der Waals surface area contributed by atoms with Gasteiger partial charge in [0.05, 0.1) is 9.79 Å². The fraction of sp³-hybridized carbons (Fsp3) is 0.174. The van der Waals surface area contributed by atoms with Crippen LogP contribution in [0.3, 0.4) is 0 Å². The van der Waals surface area contributed by atoms with Crippen LogP contribution < -0.4 is 19.9 Å². The second-order valence-electron chi connectivity index (χ2n) is 7.36. The summed E-state index contributed by atoms with van der Waals surface area (Å²) in [7, 11) is -7.43. The fourth-order valence-electron chi connectivity index (χ4n) is 2.97. The molecule has 180 valence electrons. The Morgan fingerprint density at radius 2 is 1.41 bits per heavy atom. The average Bonchev–Trinajstić information content (AvgIpc) is 2.82. The van der Waals surface area contributed by atoms with Crippen molar-refractivity contribution in [1.29, 1.82) is 0 Å². The highest BCUT2D eigenvalue weighted by Crippen LogP contribution is 2.16. The van der Waals surface area contributed by atoms with Crippen molar-refractivity contribution in [2.45, 2.75) is 22.8 Å². The molecule has 0 atom stereocenters. The van der Waals surface area contributed by atoms with E-state index in [1.807, 2.05) is 30.3 Å². The molecule has 0 saturated carbocycles. The van der Waals surface area contributed by atoms with Crippen molar-refractivity contribution in [3.05, 3.63) is 90.0 Å². The summed E-state index contributed by atoms with van der Waals surface area (Å²) in [4.78, 5) is 12.1. The molecule has 3 aromatic rings. The SMILES string of the molecule is NS(=O)(=O)c1ccc(CNC(=O)COc2ccc(S(=O)(=O)NCCc3ccccc3)cc2)cc1. The van der Waals surface area contributed by atoms with E-state index in [0.29, 0.717) is 17.7 Å². The highest BCUT2D eigenvalue weighted by Gasteiger charge is 2.14. The minimum Gasteiger partial charge on any atom is -0.484 e. The summed E-state index contributed by atoms with van der Waals surface area (Å²) >= 11 is 0. The third-order valence-corrected chi connectivity index (χ3v) is 7.20. The molecule has 4 N–H and O–H groups in total. The number of hydrogen-bond donors (Lipinski definition) is 3. The average molecular weight is 504 g/mol. The van der Waals surface area contributed by atoms with Crippen LogP contribution >= 0.6 is 0 Å². The van der Waals surface area contributed by atoms with Gasteiger partial charge < -0.3 is 10.1 Å². The van der Waals surface area contributed by atoms with Crippen LogP contribution in [-0.4, -0.2) is 35.9 Å². The van der Waals surface area contributed by atoms with Crippen LogP contribution in [0.25, 0.3) is 0 Å². The molecule has 0 aliphatic heterocycles. The van der Waals surface area contributed by atoms with Crippen molar-refractivity contribution in [3.63, 3.8) is 0 Å². The van der Waals surface area contributed by atoms with Gasteiger partial charge in [-0.3, -0.25) is 4.79 Å². The minimum atomic E-state index is -3.77. The zero-order valence-electron chi connectivity index (χ0n) is 18.2. The molecule has 3 rings (SSSR count). The Bertz CT molecular complexity index is 1310. The number of rotatable bonds is 11. The Hall–Kier alpha value is -3.25. The van der Waals surface area contributed by atoms with Gasteiger partial charge in [-0.15, -0.1) is 0 Å². The van der Waals surface area contributed by atoms with E-state index in [1.165, 1.54) is 36.4 Å². The van der Waals surface area contributed by atoms with E-state index in [9.17, 15) is 21.6 Å². The number of primary sulfonamides is 1. The molecule has 0 spiro atoms. The van der Waals surface area contributed by atoms with Crippen LogP contribution in [0, 0.1) is 0 Å². The normalized spacial score (nSPS) is 11.7. The van der Waals surface area contributed by atoms with E-state index in [-0.39, 0.29) is 29.5 Å². The number of hydrogen-bond acceptors (Lipinski definition) is 6. The van der Waals surface area contributed by atoms with Gasteiger partial charge in [-0.2, -0.15) is 0 Å². The molecule has 0 aliphatic rings. The van der Waals surface area contributed by atoms with Crippen molar-refractivity contribution in [1.82, 2.24) is 10.0 Å². The second-order valence-corrected chi connectivity index (χ2v) is 10.7. The van der Waals surface area contributed by atoms with Crippen LogP contribution in [0.5, 0.6) is 5.75 Å². The fourth-order valence-corrected chi connectivity index (χ4v) is 4.52. The van der Waals surface area contributed by atoms with Crippen LogP contribution in [0.4, 0.5) is 0 Å². The molecule has 0 saturated heterocycles. The highest BCUT2D eigenvalue weighted by atomic mass is 32.2. The highest BCUT2D eigenvalue weighted by molar-refractivity contribution is 7.89. The maximum absolute atomic E-state index is 12.4. The minimum absolute atomic E-state index is 0.0113.